The number of aryl methyl sites for hydroxylation is 1. The molecule has 0 saturated heterocycles. The minimum Gasteiger partial charge on any atom is -0.321 e. The van der Waals surface area contributed by atoms with E-state index in [0.29, 0.717) is 0 Å². The first-order chi connectivity index (χ1) is 8.18. The van der Waals surface area contributed by atoms with Crippen molar-refractivity contribution in [1.29, 1.82) is 0 Å². The molecule has 0 amide bonds. The van der Waals surface area contributed by atoms with Crippen molar-refractivity contribution in [3.8, 4) is 0 Å². The number of nitrogens with two attached hydrogens (primary N) is 1. The molecular formula is C15H20ClN. The summed E-state index contributed by atoms with van der Waals surface area (Å²) in [6.45, 7) is 2.05. The maximum absolute atomic E-state index is 6.34. The van der Waals surface area contributed by atoms with Gasteiger partial charge in [-0.25, -0.2) is 0 Å². The maximum atomic E-state index is 6.34. The van der Waals surface area contributed by atoms with Gasteiger partial charge in [0.05, 0.1) is 6.04 Å². The fourth-order valence-electron chi connectivity index (χ4n) is 2.41. The summed E-state index contributed by atoms with van der Waals surface area (Å²) in [6.07, 6.45) is 8.45. The first-order valence-electron chi connectivity index (χ1n) is 6.39. The van der Waals surface area contributed by atoms with E-state index in [0.717, 1.165) is 23.4 Å². The highest BCUT2D eigenvalue weighted by atomic mass is 35.5. The first kappa shape index (κ1) is 12.7. The third kappa shape index (κ3) is 3.11. The van der Waals surface area contributed by atoms with Crippen molar-refractivity contribution >= 4 is 11.6 Å². The fraction of sp³-hybridized carbons (Fsp3) is 0.467. The van der Waals surface area contributed by atoms with Crippen molar-refractivity contribution in [2.45, 2.75) is 45.1 Å². The predicted octanol–water partition coefficient (Wildman–Crippen LogP) is 4.54. The highest BCUT2D eigenvalue weighted by molar-refractivity contribution is 6.31. The van der Waals surface area contributed by atoms with Crippen LogP contribution in [0.25, 0.3) is 0 Å². The lowest BCUT2D eigenvalue weighted by Gasteiger charge is -2.17. The Morgan fingerprint density at radius 2 is 2.06 bits per heavy atom. The smallest absolute Gasteiger partial charge is 0.0525 e. The molecule has 1 aromatic rings. The van der Waals surface area contributed by atoms with Crippen LogP contribution in [0.4, 0.5) is 0 Å². The van der Waals surface area contributed by atoms with E-state index in [1.54, 1.807) is 0 Å². The number of hydrogen-bond donors (Lipinski definition) is 1. The highest BCUT2D eigenvalue weighted by Crippen LogP contribution is 2.31. The second kappa shape index (κ2) is 5.70. The van der Waals surface area contributed by atoms with Gasteiger partial charge in [-0.15, -0.1) is 0 Å². The van der Waals surface area contributed by atoms with Crippen LogP contribution in [0.15, 0.2) is 29.8 Å². The Balaban J connectivity index is 2.23. The zero-order valence-corrected chi connectivity index (χ0v) is 11.1. The fourth-order valence-corrected chi connectivity index (χ4v) is 2.76. The molecule has 2 rings (SSSR count). The van der Waals surface area contributed by atoms with Gasteiger partial charge in [-0.3, -0.25) is 0 Å². The topological polar surface area (TPSA) is 26.0 Å². The van der Waals surface area contributed by atoms with Crippen molar-refractivity contribution in [3.63, 3.8) is 0 Å². The lowest BCUT2D eigenvalue weighted by atomic mass is 9.95. The molecule has 1 aliphatic rings. The zero-order valence-electron chi connectivity index (χ0n) is 10.4. The van der Waals surface area contributed by atoms with Crippen LogP contribution < -0.4 is 5.73 Å². The van der Waals surface area contributed by atoms with E-state index in [1.807, 2.05) is 13.0 Å². The molecule has 2 heteroatoms. The molecule has 2 N–H and O–H groups in total. The van der Waals surface area contributed by atoms with Gasteiger partial charge in [0.15, 0.2) is 0 Å². The molecular weight excluding hydrogens is 230 g/mol. The first-order valence-corrected chi connectivity index (χ1v) is 6.77. The predicted molar refractivity (Wildman–Crippen MR) is 74.3 cm³/mol. The monoisotopic (exact) mass is 249 g/mol. The van der Waals surface area contributed by atoms with Crippen molar-refractivity contribution in [1.82, 2.24) is 0 Å². The number of halogens is 1. The summed E-state index contributed by atoms with van der Waals surface area (Å²) < 4.78 is 0. The Bertz CT molecular complexity index is 423. The van der Waals surface area contributed by atoms with Gasteiger partial charge in [0.25, 0.3) is 0 Å². The van der Waals surface area contributed by atoms with Gasteiger partial charge in [0, 0.05) is 5.02 Å². The second-order valence-electron chi connectivity index (χ2n) is 4.88. The van der Waals surface area contributed by atoms with Crippen LogP contribution in [-0.2, 0) is 0 Å². The summed E-state index contributed by atoms with van der Waals surface area (Å²) >= 11 is 6.28. The van der Waals surface area contributed by atoms with Gasteiger partial charge in [-0.05, 0) is 49.8 Å². The summed E-state index contributed by atoms with van der Waals surface area (Å²) in [5.41, 5.74) is 9.93. The zero-order chi connectivity index (χ0) is 12.3. The van der Waals surface area contributed by atoms with Crippen LogP contribution in [-0.4, -0.2) is 0 Å². The Kier molecular flexibility index (Phi) is 4.25. The Labute approximate surface area is 109 Å². The van der Waals surface area contributed by atoms with Crippen LogP contribution in [0.1, 0.15) is 49.3 Å². The Hall–Kier alpha value is -0.790. The third-order valence-electron chi connectivity index (χ3n) is 3.47. The summed E-state index contributed by atoms with van der Waals surface area (Å²) in [5.74, 6) is 0. The number of rotatable bonds is 2. The lowest BCUT2D eigenvalue weighted by molar-refractivity contribution is 0.688. The molecule has 0 heterocycles. The summed E-state index contributed by atoms with van der Waals surface area (Å²) in [4.78, 5) is 0. The number of allylic oxidation sites excluding steroid dienone is 1. The SMILES string of the molecule is Cc1ccc(C(N)C2=CCCCCC2)c(Cl)c1. The standard InChI is InChI=1S/C15H20ClN/c1-11-8-9-13(14(16)10-11)15(17)12-6-4-2-3-5-7-12/h6,8-10,15H,2-5,7,17H2,1H3. The van der Waals surface area contributed by atoms with Crippen molar-refractivity contribution in [2.75, 3.05) is 0 Å². The van der Waals surface area contributed by atoms with Crippen molar-refractivity contribution < 1.29 is 0 Å². The van der Waals surface area contributed by atoms with Gasteiger partial charge >= 0.3 is 0 Å². The van der Waals surface area contributed by atoms with Crippen molar-refractivity contribution in [3.05, 3.63) is 46.0 Å². The quantitative estimate of drug-likeness (QED) is 0.766. The Morgan fingerprint density at radius 3 is 2.82 bits per heavy atom. The van der Waals surface area contributed by atoms with Crippen LogP contribution in [0.3, 0.4) is 0 Å². The molecule has 1 aliphatic carbocycles. The summed E-state index contributed by atoms with van der Waals surface area (Å²) in [6, 6.07) is 6.11. The molecule has 0 saturated carbocycles. The normalized spacial score (nSPS) is 18.4. The maximum Gasteiger partial charge on any atom is 0.0525 e. The summed E-state index contributed by atoms with van der Waals surface area (Å²) in [7, 11) is 0. The average molecular weight is 250 g/mol. The molecule has 17 heavy (non-hydrogen) atoms. The molecule has 0 aromatic heterocycles. The molecule has 1 atom stereocenters. The van der Waals surface area contributed by atoms with E-state index in [1.165, 1.54) is 30.4 Å². The van der Waals surface area contributed by atoms with E-state index in [-0.39, 0.29) is 6.04 Å². The third-order valence-corrected chi connectivity index (χ3v) is 3.79. The molecule has 92 valence electrons. The van der Waals surface area contributed by atoms with E-state index in [2.05, 4.69) is 18.2 Å². The number of hydrogen-bond acceptors (Lipinski definition) is 1. The lowest BCUT2D eigenvalue weighted by Crippen LogP contribution is -2.13. The minimum absolute atomic E-state index is 0.0267. The minimum atomic E-state index is -0.0267. The van der Waals surface area contributed by atoms with Gasteiger partial charge in [-0.2, -0.15) is 0 Å². The van der Waals surface area contributed by atoms with Gasteiger partial charge in [0.1, 0.15) is 0 Å². The van der Waals surface area contributed by atoms with Crippen LogP contribution in [0.5, 0.6) is 0 Å². The average Bonchev–Trinajstić information content (AvgIpc) is 2.56. The molecule has 0 radical (unpaired) electrons. The molecule has 0 aliphatic heterocycles. The van der Waals surface area contributed by atoms with Gasteiger partial charge in [-0.1, -0.05) is 41.8 Å². The molecule has 0 bridgehead atoms. The Morgan fingerprint density at radius 1 is 1.24 bits per heavy atom. The summed E-state index contributed by atoms with van der Waals surface area (Å²) in [5, 5.41) is 0.794. The van der Waals surface area contributed by atoms with Crippen LogP contribution in [0, 0.1) is 6.92 Å². The van der Waals surface area contributed by atoms with Crippen LogP contribution in [0.2, 0.25) is 5.02 Å². The van der Waals surface area contributed by atoms with Crippen molar-refractivity contribution in [2.24, 2.45) is 5.73 Å². The molecule has 0 spiro atoms. The molecule has 0 fully saturated rings. The molecule has 1 nitrogen and oxygen atoms in total. The van der Waals surface area contributed by atoms with Gasteiger partial charge < -0.3 is 5.73 Å². The van der Waals surface area contributed by atoms with E-state index >= 15 is 0 Å². The van der Waals surface area contributed by atoms with Gasteiger partial charge in [0.2, 0.25) is 0 Å². The van der Waals surface area contributed by atoms with Crippen LogP contribution >= 0.6 is 11.6 Å². The second-order valence-corrected chi connectivity index (χ2v) is 5.29. The largest absolute Gasteiger partial charge is 0.321 e. The van der Waals surface area contributed by atoms with E-state index < -0.39 is 0 Å². The van der Waals surface area contributed by atoms with E-state index in [9.17, 15) is 0 Å². The highest BCUT2D eigenvalue weighted by Gasteiger charge is 2.15. The molecule has 1 aromatic carbocycles. The number of benzene rings is 1. The van der Waals surface area contributed by atoms with E-state index in [4.69, 9.17) is 17.3 Å². The molecule has 1 unspecified atom stereocenters.